The normalized spacial score (nSPS) is 11.5. The van der Waals surface area contributed by atoms with Crippen molar-refractivity contribution in [3.63, 3.8) is 0 Å². The van der Waals surface area contributed by atoms with Gasteiger partial charge in [0.1, 0.15) is 0 Å². The molecule has 168 valence electrons. The SMILES string of the molecule is Cc1cc(C)cc(NC(=O)c2ccc3c(=O)n(-c4cccc(C(F)(F)F)c4)c(=S)[nH]c3c2)c1. The second-order valence-corrected chi connectivity index (χ2v) is 8.10. The summed E-state index contributed by atoms with van der Waals surface area (Å²) in [4.78, 5) is 28.6. The van der Waals surface area contributed by atoms with Crippen LogP contribution in [-0.2, 0) is 6.18 Å². The van der Waals surface area contributed by atoms with Crippen molar-refractivity contribution in [3.05, 3.63) is 98.0 Å². The van der Waals surface area contributed by atoms with Gasteiger partial charge in [0, 0.05) is 11.3 Å². The van der Waals surface area contributed by atoms with E-state index in [0.29, 0.717) is 16.8 Å². The van der Waals surface area contributed by atoms with Crippen LogP contribution in [-0.4, -0.2) is 15.5 Å². The molecule has 0 aliphatic heterocycles. The third-order valence-electron chi connectivity index (χ3n) is 5.07. The average Bonchev–Trinajstić information content (AvgIpc) is 2.72. The number of nitrogens with one attached hydrogen (secondary N) is 2. The second-order valence-electron chi connectivity index (χ2n) is 7.71. The summed E-state index contributed by atoms with van der Waals surface area (Å²) in [7, 11) is 0. The largest absolute Gasteiger partial charge is 0.416 e. The van der Waals surface area contributed by atoms with E-state index >= 15 is 0 Å². The zero-order valence-corrected chi connectivity index (χ0v) is 18.4. The molecule has 1 amide bonds. The third-order valence-corrected chi connectivity index (χ3v) is 5.36. The molecule has 3 aromatic carbocycles. The summed E-state index contributed by atoms with van der Waals surface area (Å²) in [6, 6.07) is 14.5. The maximum atomic E-state index is 13.1. The minimum Gasteiger partial charge on any atom is -0.331 e. The summed E-state index contributed by atoms with van der Waals surface area (Å²) < 4.78 is 40.2. The number of carbonyl (C=O) groups is 1. The number of amides is 1. The molecule has 4 rings (SSSR count). The van der Waals surface area contributed by atoms with E-state index in [1.165, 1.54) is 30.3 Å². The number of aromatic amines is 1. The highest BCUT2D eigenvalue weighted by atomic mass is 32.1. The van der Waals surface area contributed by atoms with Crippen molar-refractivity contribution in [1.82, 2.24) is 9.55 Å². The molecule has 0 atom stereocenters. The number of aryl methyl sites for hydroxylation is 2. The van der Waals surface area contributed by atoms with E-state index in [0.717, 1.165) is 27.8 Å². The Balaban J connectivity index is 1.74. The summed E-state index contributed by atoms with van der Waals surface area (Å²) >= 11 is 5.25. The molecule has 4 aromatic rings. The minimum atomic E-state index is -4.56. The van der Waals surface area contributed by atoms with Gasteiger partial charge >= 0.3 is 6.18 Å². The Morgan fingerprint density at radius 1 is 1.00 bits per heavy atom. The van der Waals surface area contributed by atoms with Crippen molar-refractivity contribution in [1.29, 1.82) is 0 Å². The summed E-state index contributed by atoms with van der Waals surface area (Å²) in [5.74, 6) is -0.372. The van der Waals surface area contributed by atoms with E-state index in [2.05, 4.69) is 10.3 Å². The first-order valence-electron chi connectivity index (χ1n) is 9.89. The quantitative estimate of drug-likeness (QED) is 0.365. The average molecular weight is 469 g/mol. The van der Waals surface area contributed by atoms with Crippen molar-refractivity contribution in [2.45, 2.75) is 20.0 Å². The van der Waals surface area contributed by atoms with Crippen LogP contribution >= 0.6 is 12.2 Å². The van der Waals surface area contributed by atoms with Gasteiger partial charge in [-0.05, 0) is 85.7 Å². The number of rotatable bonds is 3. The number of hydrogen-bond donors (Lipinski definition) is 2. The van der Waals surface area contributed by atoms with E-state index in [1.54, 1.807) is 0 Å². The highest BCUT2D eigenvalue weighted by Crippen LogP contribution is 2.30. The lowest BCUT2D eigenvalue weighted by molar-refractivity contribution is -0.137. The van der Waals surface area contributed by atoms with Crippen molar-refractivity contribution in [2.75, 3.05) is 5.32 Å². The van der Waals surface area contributed by atoms with Crippen molar-refractivity contribution in [2.24, 2.45) is 0 Å². The molecule has 0 aliphatic carbocycles. The van der Waals surface area contributed by atoms with Crippen molar-refractivity contribution in [3.8, 4) is 5.69 Å². The Morgan fingerprint density at radius 2 is 1.70 bits per heavy atom. The van der Waals surface area contributed by atoms with Crippen LogP contribution in [0.25, 0.3) is 16.6 Å². The monoisotopic (exact) mass is 469 g/mol. The van der Waals surface area contributed by atoms with Crippen LogP contribution < -0.4 is 10.9 Å². The van der Waals surface area contributed by atoms with Gasteiger partial charge in [-0.2, -0.15) is 13.2 Å². The molecule has 1 aromatic heterocycles. The molecule has 33 heavy (non-hydrogen) atoms. The molecule has 2 N–H and O–H groups in total. The predicted molar refractivity (Wildman–Crippen MR) is 124 cm³/mol. The van der Waals surface area contributed by atoms with E-state index in [1.807, 2.05) is 32.0 Å². The van der Waals surface area contributed by atoms with Gasteiger partial charge in [-0.1, -0.05) is 12.1 Å². The van der Waals surface area contributed by atoms with Crippen LogP contribution in [0.3, 0.4) is 0 Å². The summed E-state index contributed by atoms with van der Waals surface area (Å²) in [5.41, 5.74) is 1.77. The third kappa shape index (κ3) is 4.58. The molecule has 0 saturated carbocycles. The number of H-pyrrole nitrogens is 1. The summed E-state index contributed by atoms with van der Waals surface area (Å²) in [6.45, 7) is 3.85. The molecule has 5 nitrogen and oxygen atoms in total. The molecule has 0 unspecified atom stereocenters. The fourth-order valence-corrected chi connectivity index (χ4v) is 3.96. The summed E-state index contributed by atoms with van der Waals surface area (Å²) in [5, 5.41) is 3.01. The smallest absolute Gasteiger partial charge is 0.331 e. The number of benzene rings is 3. The molecule has 0 spiro atoms. The highest BCUT2D eigenvalue weighted by Gasteiger charge is 2.30. The fraction of sp³-hybridized carbons (Fsp3) is 0.125. The Morgan fingerprint density at radius 3 is 2.36 bits per heavy atom. The number of anilines is 1. The number of nitrogens with zero attached hydrogens (tertiary/aromatic N) is 1. The van der Waals surface area contributed by atoms with E-state index in [9.17, 15) is 22.8 Å². The highest BCUT2D eigenvalue weighted by molar-refractivity contribution is 7.71. The lowest BCUT2D eigenvalue weighted by atomic mass is 10.1. The van der Waals surface area contributed by atoms with Gasteiger partial charge in [0.2, 0.25) is 0 Å². The number of carbonyl (C=O) groups excluding carboxylic acids is 1. The van der Waals surface area contributed by atoms with Crippen LogP contribution in [0.4, 0.5) is 18.9 Å². The molecule has 0 saturated heterocycles. The Hall–Kier alpha value is -3.72. The Bertz CT molecular complexity index is 1500. The van der Waals surface area contributed by atoms with Crippen LogP contribution in [0.15, 0.2) is 65.5 Å². The van der Waals surface area contributed by atoms with Gasteiger partial charge in [0.05, 0.1) is 22.2 Å². The van der Waals surface area contributed by atoms with E-state index < -0.39 is 17.3 Å². The molecule has 0 fully saturated rings. The predicted octanol–water partition coefficient (Wildman–Crippen LogP) is 5.94. The van der Waals surface area contributed by atoms with E-state index in [4.69, 9.17) is 12.2 Å². The maximum absolute atomic E-state index is 13.1. The zero-order chi connectivity index (χ0) is 23.9. The Labute approximate surface area is 191 Å². The van der Waals surface area contributed by atoms with E-state index in [-0.39, 0.29) is 21.8 Å². The number of aromatic nitrogens is 2. The lowest BCUT2D eigenvalue weighted by Crippen LogP contribution is -2.21. The maximum Gasteiger partial charge on any atom is 0.416 e. The molecular formula is C24H18F3N3O2S. The fourth-order valence-electron chi connectivity index (χ4n) is 3.67. The molecule has 1 heterocycles. The van der Waals surface area contributed by atoms with Gasteiger partial charge in [-0.3, -0.25) is 14.2 Å². The first kappa shape index (κ1) is 22.5. The minimum absolute atomic E-state index is 0.00499. The van der Waals surface area contributed by atoms with Gasteiger partial charge in [0.25, 0.3) is 11.5 Å². The molecule has 0 radical (unpaired) electrons. The number of fused-ring (bicyclic) bond motifs is 1. The standard InChI is InChI=1S/C24H18F3N3O2S/c1-13-8-14(2)10-17(9-13)28-21(31)15-6-7-19-20(11-15)29-23(33)30(22(19)32)18-5-3-4-16(12-18)24(25,26)27/h3-12H,1-2H3,(H,28,31)(H,29,33). The van der Waals surface area contributed by atoms with Crippen molar-refractivity contribution < 1.29 is 18.0 Å². The molecular weight excluding hydrogens is 451 g/mol. The number of hydrogen-bond acceptors (Lipinski definition) is 3. The van der Waals surface area contributed by atoms with Crippen LogP contribution in [0.5, 0.6) is 0 Å². The number of alkyl halides is 3. The summed E-state index contributed by atoms with van der Waals surface area (Å²) in [6.07, 6.45) is -4.56. The van der Waals surface area contributed by atoms with Gasteiger partial charge in [-0.25, -0.2) is 0 Å². The van der Waals surface area contributed by atoms with Gasteiger partial charge in [0.15, 0.2) is 4.77 Å². The zero-order valence-electron chi connectivity index (χ0n) is 17.6. The lowest BCUT2D eigenvalue weighted by Gasteiger charge is -2.12. The van der Waals surface area contributed by atoms with Crippen LogP contribution in [0.1, 0.15) is 27.0 Å². The first-order valence-corrected chi connectivity index (χ1v) is 10.3. The molecule has 0 aliphatic rings. The Kier molecular flexibility index (Phi) is 5.67. The van der Waals surface area contributed by atoms with Gasteiger partial charge < -0.3 is 10.3 Å². The first-order chi connectivity index (χ1) is 15.5. The number of halogens is 3. The van der Waals surface area contributed by atoms with Crippen LogP contribution in [0, 0.1) is 18.6 Å². The molecule has 9 heteroatoms. The molecule has 0 bridgehead atoms. The van der Waals surface area contributed by atoms with Crippen LogP contribution in [0.2, 0.25) is 0 Å². The van der Waals surface area contributed by atoms with Gasteiger partial charge in [-0.15, -0.1) is 0 Å². The topological polar surface area (TPSA) is 66.9 Å². The van der Waals surface area contributed by atoms with Crippen molar-refractivity contribution >= 4 is 34.7 Å². The second kappa shape index (κ2) is 8.32.